The Kier molecular flexibility index (Phi) is 3.56. The van der Waals surface area contributed by atoms with E-state index in [1.54, 1.807) is 6.33 Å². The summed E-state index contributed by atoms with van der Waals surface area (Å²) >= 11 is 0. The monoisotopic (exact) mass is 249 g/mol. The molecule has 96 valence electrons. The molecule has 3 N–H and O–H groups in total. The second-order valence-electron chi connectivity index (χ2n) is 3.53. The summed E-state index contributed by atoms with van der Waals surface area (Å²) in [5, 5.41) is 11.0. The molecule has 0 aliphatic carbocycles. The second-order valence-corrected chi connectivity index (χ2v) is 3.53. The molecular weight excluding hydrogens is 234 g/mol. The third-order valence-electron chi connectivity index (χ3n) is 2.49. The molecule has 8 nitrogen and oxygen atoms in total. The summed E-state index contributed by atoms with van der Waals surface area (Å²) in [4.78, 5) is 7.94. The number of nitrogen functional groups attached to an aromatic ring is 1. The fourth-order valence-electron chi connectivity index (χ4n) is 1.56. The van der Waals surface area contributed by atoms with Gasteiger partial charge in [-0.25, -0.2) is 9.97 Å². The number of hydrogen-bond donors (Lipinski definition) is 2. The molecular formula is C10H15N7O. The standard InChI is InChI=1S/C10H15N7O/c1-3-17-6-15-16-7(17)4-12-10-8(18-2)9(11)13-5-14-10/h5-6H,3-4H2,1-2H3,(H3,11,12,13,14). The minimum Gasteiger partial charge on any atom is -0.490 e. The number of anilines is 2. The lowest BCUT2D eigenvalue weighted by Crippen LogP contribution is -2.10. The Balaban J connectivity index is 2.13. The van der Waals surface area contributed by atoms with E-state index in [0.717, 1.165) is 12.4 Å². The topological polar surface area (TPSA) is 104 Å². The summed E-state index contributed by atoms with van der Waals surface area (Å²) in [5.41, 5.74) is 5.69. The molecule has 0 aliphatic heterocycles. The average molecular weight is 249 g/mol. The van der Waals surface area contributed by atoms with Crippen molar-refractivity contribution in [1.29, 1.82) is 0 Å². The molecule has 0 bridgehead atoms. The van der Waals surface area contributed by atoms with Crippen LogP contribution in [0, 0.1) is 0 Å². The first kappa shape index (κ1) is 12.1. The lowest BCUT2D eigenvalue weighted by Gasteiger charge is -2.10. The Morgan fingerprint density at radius 3 is 3.00 bits per heavy atom. The van der Waals surface area contributed by atoms with Gasteiger partial charge in [0, 0.05) is 6.54 Å². The van der Waals surface area contributed by atoms with Crippen LogP contribution in [0.5, 0.6) is 5.75 Å². The van der Waals surface area contributed by atoms with E-state index >= 15 is 0 Å². The molecule has 2 rings (SSSR count). The number of methoxy groups -OCH3 is 1. The lowest BCUT2D eigenvalue weighted by atomic mass is 10.4. The van der Waals surface area contributed by atoms with Crippen molar-refractivity contribution in [1.82, 2.24) is 24.7 Å². The number of rotatable bonds is 5. The molecule has 8 heteroatoms. The van der Waals surface area contributed by atoms with Gasteiger partial charge in [-0.3, -0.25) is 0 Å². The van der Waals surface area contributed by atoms with Crippen LogP contribution in [0.1, 0.15) is 12.7 Å². The van der Waals surface area contributed by atoms with Gasteiger partial charge in [-0.15, -0.1) is 10.2 Å². The van der Waals surface area contributed by atoms with Crippen LogP contribution in [0.4, 0.5) is 11.6 Å². The van der Waals surface area contributed by atoms with E-state index < -0.39 is 0 Å². The third kappa shape index (κ3) is 2.31. The Labute approximate surface area is 104 Å². The molecule has 2 heterocycles. The van der Waals surface area contributed by atoms with Gasteiger partial charge in [-0.1, -0.05) is 0 Å². The van der Waals surface area contributed by atoms with E-state index in [9.17, 15) is 0 Å². The van der Waals surface area contributed by atoms with Gasteiger partial charge in [0.2, 0.25) is 5.75 Å². The smallest absolute Gasteiger partial charge is 0.203 e. The first-order valence-corrected chi connectivity index (χ1v) is 5.51. The van der Waals surface area contributed by atoms with Gasteiger partial charge in [0.05, 0.1) is 13.7 Å². The van der Waals surface area contributed by atoms with Crippen molar-refractivity contribution in [2.75, 3.05) is 18.2 Å². The highest BCUT2D eigenvalue weighted by Crippen LogP contribution is 2.26. The molecule has 2 aromatic heterocycles. The molecule has 0 aliphatic rings. The SMILES string of the molecule is CCn1cnnc1CNc1ncnc(N)c1OC. The number of aromatic nitrogens is 5. The fraction of sp³-hybridized carbons (Fsp3) is 0.400. The molecule has 0 fully saturated rings. The first-order valence-electron chi connectivity index (χ1n) is 5.51. The van der Waals surface area contributed by atoms with E-state index in [4.69, 9.17) is 10.5 Å². The maximum atomic E-state index is 5.69. The van der Waals surface area contributed by atoms with Crippen molar-refractivity contribution in [3.8, 4) is 5.75 Å². The second kappa shape index (κ2) is 5.30. The zero-order chi connectivity index (χ0) is 13.0. The van der Waals surface area contributed by atoms with E-state index in [2.05, 4.69) is 25.5 Å². The maximum absolute atomic E-state index is 5.69. The van der Waals surface area contributed by atoms with Crippen molar-refractivity contribution in [2.24, 2.45) is 0 Å². The molecule has 0 amide bonds. The number of nitrogens with one attached hydrogen (secondary N) is 1. The van der Waals surface area contributed by atoms with Crippen molar-refractivity contribution in [3.05, 3.63) is 18.5 Å². The molecule has 2 aromatic rings. The molecule has 18 heavy (non-hydrogen) atoms. The predicted octanol–water partition coefficient (Wildman–Crippen LogP) is 0.291. The van der Waals surface area contributed by atoms with Gasteiger partial charge in [0.1, 0.15) is 12.7 Å². The molecule has 0 saturated carbocycles. The van der Waals surface area contributed by atoms with Crippen LogP contribution in [-0.4, -0.2) is 31.8 Å². The van der Waals surface area contributed by atoms with E-state index in [-0.39, 0.29) is 0 Å². The largest absolute Gasteiger partial charge is 0.490 e. The normalized spacial score (nSPS) is 10.3. The van der Waals surface area contributed by atoms with Crippen LogP contribution < -0.4 is 15.8 Å². The van der Waals surface area contributed by atoms with Gasteiger partial charge in [0.25, 0.3) is 0 Å². The summed E-state index contributed by atoms with van der Waals surface area (Å²) in [5.74, 6) is 2.08. The third-order valence-corrected chi connectivity index (χ3v) is 2.49. The first-order chi connectivity index (χ1) is 8.76. The van der Waals surface area contributed by atoms with Crippen LogP contribution in [0.3, 0.4) is 0 Å². The number of nitrogens with two attached hydrogens (primary N) is 1. The highest BCUT2D eigenvalue weighted by molar-refractivity contribution is 5.61. The van der Waals surface area contributed by atoms with Crippen molar-refractivity contribution >= 4 is 11.6 Å². The van der Waals surface area contributed by atoms with Crippen molar-refractivity contribution in [3.63, 3.8) is 0 Å². The average Bonchev–Trinajstić information content (AvgIpc) is 2.83. The van der Waals surface area contributed by atoms with E-state index in [1.165, 1.54) is 13.4 Å². The van der Waals surface area contributed by atoms with Crippen LogP contribution in [0.15, 0.2) is 12.7 Å². The highest BCUT2D eigenvalue weighted by atomic mass is 16.5. The Morgan fingerprint density at radius 2 is 2.28 bits per heavy atom. The minimum atomic E-state index is 0.298. The van der Waals surface area contributed by atoms with Gasteiger partial charge in [-0.05, 0) is 6.92 Å². The minimum absolute atomic E-state index is 0.298. The van der Waals surface area contributed by atoms with Gasteiger partial charge >= 0.3 is 0 Å². The lowest BCUT2D eigenvalue weighted by molar-refractivity contribution is 0.415. The number of ether oxygens (including phenoxy) is 1. The zero-order valence-corrected chi connectivity index (χ0v) is 10.3. The molecule has 0 atom stereocenters. The molecule has 0 spiro atoms. The number of nitrogens with zero attached hydrogens (tertiary/aromatic N) is 5. The summed E-state index contributed by atoms with van der Waals surface area (Å²) in [6.45, 7) is 3.32. The van der Waals surface area contributed by atoms with Crippen LogP contribution in [0.25, 0.3) is 0 Å². The van der Waals surface area contributed by atoms with Crippen molar-refractivity contribution in [2.45, 2.75) is 20.0 Å². The Hall–Kier alpha value is -2.38. The number of aryl methyl sites for hydroxylation is 1. The summed E-state index contributed by atoms with van der Waals surface area (Å²) in [7, 11) is 1.52. The van der Waals surface area contributed by atoms with E-state index in [0.29, 0.717) is 23.9 Å². The molecule has 0 unspecified atom stereocenters. The molecule has 0 aromatic carbocycles. The predicted molar refractivity (Wildman–Crippen MR) is 66.0 cm³/mol. The molecule has 0 saturated heterocycles. The Bertz CT molecular complexity index is 525. The number of hydrogen-bond acceptors (Lipinski definition) is 7. The molecule has 0 radical (unpaired) electrons. The maximum Gasteiger partial charge on any atom is 0.203 e. The summed E-state index contributed by atoms with van der Waals surface area (Å²) in [6.07, 6.45) is 3.06. The summed E-state index contributed by atoms with van der Waals surface area (Å²) in [6, 6.07) is 0. The Morgan fingerprint density at radius 1 is 1.44 bits per heavy atom. The highest BCUT2D eigenvalue weighted by Gasteiger charge is 2.10. The van der Waals surface area contributed by atoms with Crippen molar-refractivity contribution < 1.29 is 4.74 Å². The van der Waals surface area contributed by atoms with Crippen LogP contribution in [0.2, 0.25) is 0 Å². The van der Waals surface area contributed by atoms with Gasteiger partial charge in [0.15, 0.2) is 17.5 Å². The summed E-state index contributed by atoms with van der Waals surface area (Å²) < 4.78 is 7.08. The van der Waals surface area contributed by atoms with E-state index in [1.807, 2.05) is 11.5 Å². The van der Waals surface area contributed by atoms with Crippen LogP contribution >= 0.6 is 0 Å². The zero-order valence-electron chi connectivity index (χ0n) is 10.3. The fourth-order valence-corrected chi connectivity index (χ4v) is 1.56. The van der Waals surface area contributed by atoms with Gasteiger partial charge < -0.3 is 20.4 Å². The quantitative estimate of drug-likeness (QED) is 0.784. The van der Waals surface area contributed by atoms with Gasteiger partial charge in [-0.2, -0.15) is 0 Å². The van der Waals surface area contributed by atoms with Crippen LogP contribution in [-0.2, 0) is 13.1 Å².